The van der Waals surface area contributed by atoms with E-state index in [2.05, 4.69) is 22.1 Å². The molecule has 0 radical (unpaired) electrons. The quantitative estimate of drug-likeness (QED) is 0.0720. The molecule has 2 amide bonds. The van der Waals surface area contributed by atoms with Crippen molar-refractivity contribution < 1.29 is 32.2 Å². The molecule has 0 saturated carbocycles. The molecule has 16 heteroatoms. The van der Waals surface area contributed by atoms with E-state index in [4.69, 9.17) is 9.84 Å². The Balaban J connectivity index is 0.790. The number of rotatable bonds is 14. The number of piperazine rings is 1. The number of ether oxygens (including phenoxy) is 1. The summed E-state index contributed by atoms with van der Waals surface area (Å²) in [6.45, 7) is 8.30. The summed E-state index contributed by atoms with van der Waals surface area (Å²) in [6.07, 6.45) is 6.95. The van der Waals surface area contributed by atoms with Crippen molar-refractivity contribution in [1.29, 1.82) is 0 Å². The number of benzene rings is 1. The van der Waals surface area contributed by atoms with Crippen LogP contribution in [0.15, 0.2) is 78.1 Å². The smallest absolute Gasteiger partial charge is 0.494 e. The summed E-state index contributed by atoms with van der Waals surface area (Å²) in [5.74, 6) is 1.35. The summed E-state index contributed by atoms with van der Waals surface area (Å²) >= 11 is 1.46. The van der Waals surface area contributed by atoms with Crippen molar-refractivity contribution in [3.05, 3.63) is 111 Å². The van der Waals surface area contributed by atoms with Crippen molar-refractivity contribution in [2.45, 2.75) is 72.9 Å². The molecule has 1 atom stereocenters. The average Bonchev–Trinajstić information content (AvgIpc) is 3.99. The number of nitrogens with zero attached hydrogens (tertiary/aromatic N) is 7. The molecule has 0 aliphatic carbocycles. The third-order valence-corrected chi connectivity index (χ3v) is 12.7. The van der Waals surface area contributed by atoms with Gasteiger partial charge in [0.1, 0.15) is 22.1 Å². The van der Waals surface area contributed by atoms with Crippen molar-refractivity contribution in [2.75, 3.05) is 37.7 Å². The predicted octanol–water partition coefficient (Wildman–Crippen LogP) is 7.12. The topological polar surface area (TPSA) is 118 Å². The largest absolute Gasteiger partial charge is 0.737 e. The van der Waals surface area contributed by atoms with E-state index in [0.717, 1.165) is 54.0 Å². The molecule has 1 fully saturated rings. The summed E-state index contributed by atoms with van der Waals surface area (Å²) in [5, 5.41) is 8.68. The monoisotopic (exact) mass is 834 g/mol. The van der Waals surface area contributed by atoms with Gasteiger partial charge in [-0.2, -0.15) is 5.10 Å². The number of unbranched alkanes of at least 4 members (excludes halogenated alkanes) is 1. The number of Topliss-reactive ketones (excluding diaryl/α,β-unsaturated/α-hetero) is 1. The predicted molar refractivity (Wildman–Crippen MR) is 231 cm³/mol. The number of hydrogen-bond acceptors (Lipinski definition) is 8. The zero-order valence-corrected chi connectivity index (χ0v) is 35.4. The van der Waals surface area contributed by atoms with Crippen LogP contribution >= 0.6 is 11.3 Å². The summed E-state index contributed by atoms with van der Waals surface area (Å²) in [6, 6.07) is 17.0. The van der Waals surface area contributed by atoms with Gasteiger partial charge in [-0.25, -0.2) is 4.98 Å². The zero-order chi connectivity index (χ0) is 42.3. The molecule has 1 saturated heterocycles. The SMILES string of the molecule is CC(=O)c1ccc(N2CCN(C(=O)c3cc4c(C)nn(Cc5cccc(OCCCCNC(=O)CCc6ccc7n6[B-](F)(F)[N+]6=C(C)C=C(C)C6=C7)c5)c4s3)C[C@H]2C)nc1. The molecular formula is C44H49BF2N8O4S. The van der Waals surface area contributed by atoms with E-state index in [0.29, 0.717) is 79.0 Å². The van der Waals surface area contributed by atoms with Crippen LogP contribution < -0.4 is 15.0 Å². The molecule has 7 heterocycles. The zero-order valence-electron chi connectivity index (χ0n) is 34.6. The van der Waals surface area contributed by atoms with Gasteiger partial charge in [0, 0.05) is 86.1 Å². The number of carbonyl (C=O) groups excluding carboxylic acids is 3. The van der Waals surface area contributed by atoms with Crippen molar-refractivity contribution in [3.8, 4) is 5.75 Å². The summed E-state index contributed by atoms with van der Waals surface area (Å²) < 4.78 is 41.6. The van der Waals surface area contributed by atoms with Gasteiger partial charge in [0.15, 0.2) is 11.5 Å². The first-order valence-electron chi connectivity index (χ1n) is 20.5. The van der Waals surface area contributed by atoms with Crippen LogP contribution in [0.2, 0.25) is 0 Å². The van der Waals surface area contributed by atoms with Gasteiger partial charge in [-0.05, 0) is 101 Å². The van der Waals surface area contributed by atoms with Gasteiger partial charge in [0.05, 0.1) is 23.7 Å². The number of aromatic nitrogens is 4. The second-order valence-corrected chi connectivity index (χ2v) is 17.0. The number of halogens is 2. The van der Waals surface area contributed by atoms with E-state index in [-0.39, 0.29) is 36.5 Å². The van der Waals surface area contributed by atoms with Crippen molar-refractivity contribution >= 4 is 63.7 Å². The second-order valence-electron chi connectivity index (χ2n) is 16.0. The summed E-state index contributed by atoms with van der Waals surface area (Å²) in [4.78, 5) is 48.3. The Bertz CT molecular complexity index is 2590. The average molecular weight is 835 g/mol. The third-order valence-electron chi connectivity index (χ3n) is 11.6. The Kier molecular flexibility index (Phi) is 11.3. The van der Waals surface area contributed by atoms with E-state index in [1.807, 2.05) is 59.8 Å². The number of carbonyl (C=O) groups is 3. The molecule has 3 aliphatic heterocycles. The molecule has 0 unspecified atom stereocenters. The number of allylic oxidation sites excluding steroid dienone is 2. The molecule has 5 aromatic rings. The van der Waals surface area contributed by atoms with Crippen LogP contribution in [-0.4, -0.2) is 97.7 Å². The highest BCUT2D eigenvalue weighted by Gasteiger charge is 2.52. The minimum Gasteiger partial charge on any atom is -0.494 e. The molecule has 1 N–H and O–H groups in total. The van der Waals surface area contributed by atoms with Gasteiger partial charge in [-0.3, -0.25) is 19.1 Å². The Morgan fingerprint density at radius 2 is 1.87 bits per heavy atom. The van der Waals surface area contributed by atoms with Crippen LogP contribution in [0.25, 0.3) is 16.3 Å². The fourth-order valence-corrected chi connectivity index (χ4v) is 9.63. The van der Waals surface area contributed by atoms with Crippen molar-refractivity contribution in [1.82, 2.24) is 29.5 Å². The number of amides is 2. The van der Waals surface area contributed by atoms with Gasteiger partial charge >= 0.3 is 6.97 Å². The Morgan fingerprint density at radius 3 is 2.63 bits per heavy atom. The van der Waals surface area contributed by atoms with Crippen LogP contribution in [0.5, 0.6) is 5.75 Å². The minimum atomic E-state index is -4.04. The maximum Gasteiger partial charge on any atom is 0.737 e. The number of fused-ring (bicyclic) bond motifs is 3. The number of nitrogens with one attached hydrogen (secondary N) is 1. The lowest BCUT2D eigenvalue weighted by molar-refractivity contribution is -0.362. The molecule has 60 heavy (non-hydrogen) atoms. The lowest BCUT2D eigenvalue weighted by Crippen LogP contribution is -2.54. The van der Waals surface area contributed by atoms with Crippen LogP contribution in [-0.2, 0) is 17.8 Å². The lowest BCUT2D eigenvalue weighted by Gasteiger charge is -2.40. The molecular weight excluding hydrogens is 785 g/mol. The maximum absolute atomic E-state index is 15.7. The first-order valence-corrected chi connectivity index (χ1v) is 21.3. The highest BCUT2D eigenvalue weighted by Crippen LogP contribution is 2.36. The molecule has 8 rings (SSSR count). The fraction of sp³-hybridized carbons (Fsp3) is 0.364. The number of hydrogen-bond donors (Lipinski definition) is 1. The summed E-state index contributed by atoms with van der Waals surface area (Å²) in [5.41, 5.74) is 5.23. The fourth-order valence-electron chi connectivity index (χ4n) is 8.51. The molecule has 312 valence electrons. The molecule has 4 aromatic heterocycles. The Morgan fingerprint density at radius 1 is 1.03 bits per heavy atom. The van der Waals surface area contributed by atoms with E-state index < -0.39 is 6.97 Å². The van der Waals surface area contributed by atoms with Crippen LogP contribution in [0, 0.1) is 6.92 Å². The van der Waals surface area contributed by atoms with Crippen molar-refractivity contribution in [3.63, 3.8) is 0 Å². The normalized spacial score (nSPS) is 17.1. The first kappa shape index (κ1) is 40.9. The number of thiophene rings is 1. The number of ketones is 1. The maximum atomic E-state index is 15.7. The molecule has 1 aromatic carbocycles. The van der Waals surface area contributed by atoms with Crippen LogP contribution in [0.3, 0.4) is 0 Å². The number of aryl methyl sites for hydroxylation is 2. The third kappa shape index (κ3) is 8.04. The van der Waals surface area contributed by atoms with Gasteiger partial charge in [0.25, 0.3) is 5.91 Å². The van der Waals surface area contributed by atoms with Crippen molar-refractivity contribution in [2.24, 2.45) is 0 Å². The van der Waals surface area contributed by atoms with Crippen LogP contribution in [0.1, 0.15) is 89.6 Å². The number of pyridine rings is 1. The first-order chi connectivity index (χ1) is 28.8. The van der Waals surface area contributed by atoms with Gasteiger partial charge in [0.2, 0.25) is 5.91 Å². The highest BCUT2D eigenvalue weighted by atomic mass is 32.1. The molecule has 12 nitrogen and oxygen atoms in total. The molecule has 0 spiro atoms. The Labute approximate surface area is 351 Å². The standard InChI is InChI=1S/C44H49BF2N8O4S/c1-28-21-29(2)54-39(28)23-36-13-12-35(55(36)45(54,46)47)14-16-42(57)48-17-6-7-20-59-37-10-8-9-33(22-37)27-53-44-38(31(4)50-53)24-40(60-44)43(58)51-18-19-52(30(3)26-51)41-15-11-34(25-49-41)32(5)56/h8-13,15,21-25,30H,6-7,14,16-20,26-27H2,1-5H3,(H,48,57)/t30-/m1/s1. The minimum absolute atomic E-state index is 0.00676. The second kappa shape index (κ2) is 16.6. The van der Waals surface area contributed by atoms with Gasteiger partial charge in [-0.15, -0.1) is 11.3 Å². The van der Waals surface area contributed by atoms with E-state index >= 15 is 8.63 Å². The van der Waals surface area contributed by atoms with E-state index in [9.17, 15) is 14.4 Å². The van der Waals surface area contributed by atoms with Gasteiger partial charge in [-0.1, -0.05) is 12.1 Å². The lowest BCUT2D eigenvalue weighted by atomic mass is 9.89. The molecule has 0 bridgehead atoms. The van der Waals surface area contributed by atoms with E-state index in [1.54, 1.807) is 43.5 Å². The summed E-state index contributed by atoms with van der Waals surface area (Å²) in [7, 11) is 0. The molecule has 3 aliphatic rings. The van der Waals surface area contributed by atoms with E-state index in [1.165, 1.54) is 18.3 Å². The van der Waals surface area contributed by atoms with Crippen LogP contribution in [0.4, 0.5) is 14.4 Å². The van der Waals surface area contributed by atoms with Gasteiger partial charge < -0.3 is 37.4 Å². The number of anilines is 1. The highest BCUT2D eigenvalue weighted by molar-refractivity contribution is 7.20. The Hall–Kier alpha value is -5.90.